The molecule has 0 bridgehead atoms. The predicted molar refractivity (Wildman–Crippen MR) is 84.3 cm³/mol. The monoisotopic (exact) mass is 346 g/mol. The van der Waals surface area contributed by atoms with E-state index in [0.717, 1.165) is 18.2 Å². The maximum atomic E-state index is 14.0. The van der Waals surface area contributed by atoms with Crippen LogP contribution >= 0.6 is 0 Å². The maximum absolute atomic E-state index is 14.0. The molecule has 0 atom stereocenters. The van der Waals surface area contributed by atoms with Crippen LogP contribution in [0.15, 0.2) is 42.7 Å². The molecule has 9 nitrogen and oxygen atoms in total. The van der Waals surface area contributed by atoms with Gasteiger partial charge < -0.3 is 9.47 Å². The van der Waals surface area contributed by atoms with Gasteiger partial charge in [0.05, 0.1) is 36.2 Å². The van der Waals surface area contributed by atoms with Crippen molar-refractivity contribution < 1.29 is 23.6 Å². The highest BCUT2D eigenvalue weighted by Crippen LogP contribution is 2.32. The molecular formula is C15H11FN4O5. The lowest BCUT2D eigenvalue weighted by atomic mass is 10.3. The van der Waals surface area contributed by atoms with Crippen LogP contribution in [0.25, 0.3) is 5.52 Å². The fourth-order valence-electron chi connectivity index (χ4n) is 2.12. The number of pyridine rings is 1. The summed E-state index contributed by atoms with van der Waals surface area (Å²) in [5, 5.41) is 17.2. The molecule has 0 unspecified atom stereocenters. The number of nitrogens with one attached hydrogen (secondary N) is 1. The number of anilines is 1. The van der Waals surface area contributed by atoms with Gasteiger partial charge in [-0.3, -0.25) is 15.4 Å². The van der Waals surface area contributed by atoms with E-state index in [0.29, 0.717) is 11.2 Å². The average molecular weight is 346 g/mol. The van der Waals surface area contributed by atoms with Gasteiger partial charge in [-0.25, -0.2) is 13.7 Å². The van der Waals surface area contributed by atoms with Gasteiger partial charge in [0.15, 0.2) is 17.3 Å². The van der Waals surface area contributed by atoms with Crippen molar-refractivity contribution in [2.24, 2.45) is 0 Å². The van der Waals surface area contributed by atoms with Gasteiger partial charge in [0.2, 0.25) is 0 Å². The number of ether oxygens (including phenoxy) is 2. The summed E-state index contributed by atoms with van der Waals surface area (Å²) in [5.74, 6) is -0.902. The van der Waals surface area contributed by atoms with Crippen LogP contribution in [0.1, 0.15) is 0 Å². The van der Waals surface area contributed by atoms with Gasteiger partial charge in [0.1, 0.15) is 5.52 Å². The van der Waals surface area contributed by atoms with Gasteiger partial charge >= 0.3 is 6.09 Å². The first-order valence-electron chi connectivity index (χ1n) is 6.92. The lowest BCUT2D eigenvalue weighted by Gasteiger charge is -2.11. The number of nitro benzene ring substituents is 1. The zero-order valence-corrected chi connectivity index (χ0v) is 12.8. The highest BCUT2D eigenvalue weighted by molar-refractivity contribution is 5.85. The standard InChI is InChI=1S/C15H11FN4O5/c1-24-15(21)18-9-6-14(12-4-5-17-19(12)8-9)25-13-3-2-10(20(22)23)7-11(13)16/h2-8H,1H3,(H,18,21). The highest BCUT2D eigenvalue weighted by Gasteiger charge is 2.15. The number of rotatable bonds is 4. The second-order valence-electron chi connectivity index (χ2n) is 4.84. The topological polar surface area (TPSA) is 108 Å². The third-order valence-corrected chi connectivity index (χ3v) is 3.25. The Kier molecular flexibility index (Phi) is 4.16. The molecule has 0 radical (unpaired) electrons. The van der Waals surface area contributed by atoms with Gasteiger partial charge in [-0.2, -0.15) is 5.10 Å². The number of methoxy groups -OCH3 is 1. The molecule has 2 aromatic heterocycles. The molecule has 0 fully saturated rings. The van der Waals surface area contributed by atoms with Crippen LogP contribution in [0, 0.1) is 15.9 Å². The Morgan fingerprint density at radius 1 is 1.32 bits per heavy atom. The van der Waals surface area contributed by atoms with E-state index >= 15 is 0 Å². The van der Waals surface area contributed by atoms with E-state index in [-0.39, 0.29) is 17.2 Å². The van der Waals surface area contributed by atoms with Crippen LogP contribution in [-0.4, -0.2) is 27.7 Å². The number of aromatic nitrogens is 2. The van der Waals surface area contributed by atoms with Crippen molar-refractivity contribution in [3.05, 3.63) is 58.7 Å². The van der Waals surface area contributed by atoms with Crippen LogP contribution in [0.2, 0.25) is 0 Å². The second kappa shape index (κ2) is 6.43. The molecule has 3 aromatic rings. The first-order chi connectivity index (χ1) is 12.0. The van der Waals surface area contributed by atoms with Crippen LogP contribution in [0.3, 0.4) is 0 Å². The molecule has 10 heteroatoms. The fourth-order valence-corrected chi connectivity index (χ4v) is 2.12. The number of hydrogen-bond donors (Lipinski definition) is 1. The Hall–Kier alpha value is -3.69. The SMILES string of the molecule is COC(=O)Nc1cc(Oc2ccc([N+](=O)[O-])cc2F)c2ccnn2c1. The van der Waals surface area contributed by atoms with Gasteiger partial charge in [-0.1, -0.05) is 0 Å². The molecule has 3 rings (SSSR count). The number of benzene rings is 1. The van der Waals surface area contributed by atoms with E-state index in [1.54, 1.807) is 6.07 Å². The predicted octanol–water partition coefficient (Wildman–Crippen LogP) is 3.35. The van der Waals surface area contributed by atoms with Crippen molar-refractivity contribution in [1.29, 1.82) is 0 Å². The molecule has 0 saturated carbocycles. The van der Waals surface area contributed by atoms with E-state index < -0.39 is 16.8 Å². The third-order valence-electron chi connectivity index (χ3n) is 3.25. The van der Waals surface area contributed by atoms with E-state index in [9.17, 15) is 19.3 Å². The van der Waals surface area contributed by atoms with Gasteiger partial charge in [-0.15, -0.1) is 0 Å². The molecule has 0 spiro atoms. The normalized spacial score (nSPS) is 10.5. The van der Waals surface area contributed by atoms with Crippen molar-refractivity contribution in [3.8, 4) is 11.5 Å². The summed E-state index contributed by atoms with van der Waals surface area (Å²) in [6.45, 7) is 0. The van der Waals surface area contributed by atoms with Gasteiger partial charge in [-0.05, 0) is 12.1 Å². The van der Waals surface area contributed by atoms with Crippen molar-refractivity contribution in [1.82, 2.24) is 9.61 Å². The Morgan fingerprint density at radius 3 is 2.80 bits per heavy atom. The molecule has 0 aliphatic carbocycles. The fraction of sp³-hybridized carbons (Fsp3) is 0.0667. The maximum Gasteiger partial charge on any atom is 0.411 e. The smallest absolute Gasteiger partial charge is 0.411 e. The summed E-state index contributed by atoms with van der Waals surface area (Å²) in [5.41, 5.74) is 0.425. The van der Waals surface area contributed by atoms with Gasteiger partial charge in [0, 0.05) is 12.1 Å². The molecule has 0 aliphatic heterocycles. The van der Waals surface area contributed by atoms with E-state index in [1.807, 2.05) is 0 Å². The molecule has 2 heterocycles. The molecule has 0 saturated heterocycles. The van der Waals surface area contributed by atoms with Crippen molar-refractivity contribution in [2.45, 2.75) is 0 Å². The highest BCUT2D eigenvalue weighted by atomic mass is 19.1. The lowest BCUT2D eigenvalue weighted by Crippen LogP contribution is -2.11. The Bertz CT molecular complexity index is 972. The Balaban J connectivity index is 1.99. The number of nitrogens with zero attached hydrogens (tertiary/aromatic N) is 3. The number of nitro groups is 1. The number of carbonyl (C=O) groups excluding carboxylic acids is 1. The zero-order valence-electron chi connectivity index (χ0n) is 12.8. The van der Waals surface area contributed by atoms with E-state index in [4.69, 9.17) is 4.74 Å². The van der Waals surface area contributed by atoms with Crippen LogP contribution in [-0.2, 0) is 4.74 Å². The minimum atomic E-state index is -0.891. The van der Waals surface area contributed by atoms with Crippen molar-refractivity contribution in [2.75, 3.05) is 12.4 Å². The number of carbonyl (C=O) groups is 1. The summed E-state index contributed by atoms with van der Waals surface area (Å²) < 4.78 is 25.5. The average Bonchev–Trinajstić information content (AvgIpc) is 3.05. The minimum Gasteiger partial charge on any atom is -0.453 e. The largest absolute Gasteiger partial charge is 0.453 e. The molecule has 1 aromatic carbocycles. The number of amides is 1. The van der Waals surface area contributed by atoms with Gasteiger partial charge in [0.25, 0.3) is 5.69 Å². The molecule has 0 aliphatic rings. The van der Waals surface area contributed by atoms with Crippen LogP contribution < -0.4 is 10.1 Å². The number of non-ortho nitro benzene ring substituents is 1. The minimum absolute atomic E-state index is 0.194. The van der Waals surface area contributed by atoms with Crippen molar-refractivity contribution >= 4 is 23.0 Å². The first kappa shape index (κ1) is 16.2. The van der Waals surface area contributed by atoms with Crippen molar-refractivity contribution in [3.63, 3.8) is 0 Å². The summed E-state index contributed by atoms with van der Waals surface area (Å²) in [4.78, 5) is 21.3. The Labute approximate surface area is 139 Å². The molecule has 1 amide bonds. The summed E-state index contributed by atoms with van der Waals surface area (Å²) in [6.07, 6.45) is 2.32. The lowest BCUT2D eigenvalue weighted by molar-refractivity contribution is -0.385. The summed E-state index contributed by atoms with van der Waals surface area (Å²) in [7, 11) is 1.21. The molecule has 128 valence electrons. The number of halogens is 1. The van der Waals surface area contributed by atoms with E-state index in [2.05, 4.69) is 15.2 Å². The summed E-state index contributed by atoms with van der Waals surface area (Å²) >= 11 is 0. The van der Waals surface area contributed by atoms with E-state index in [1.165, 1.54) is 30.1 Å². The molecule has 25 heavy (non-hydrogen) atoms. The second-order valence-corrected chi connectivity index (χ2v) is 4.84. The van der Waals surface area contributed by atoms with Crippen LogP contribution in [0.5, 0.6) is 11.5 Å². The number of hydrogen-bond acceptors (Lipinski definition) is 6. The summed E-state index contributed by atoms with van der Waals surface area (Å²) in [6, 6.07) is 6.12. The number of fused-ring (bicyclic) bond motifs is 1. The molecular weight excluding hydrogens is 335 g/mol. The zero-order chi connectivity index (χ0) is 18.0. The third kappa shape index (κ3) is 3.32. The van der Waals surface area contributed by atoms with Crippen LogP contribution in [0.4, 0.5) is 20.6 Å². The Morgan fingerprint density at radius 2 is 2.12 bits per heavy atom. The quantitative estimate of drug-likeness (QED) is 0.573. The molecule has 1 N–H and O–H groups in total. The first-order valence-corrected chi connectivity index (χ1v) is 6.92.